The maximum absolute atomic E-state index is 13.1. The first-order valence-corrected chi connectivity index (χ1v) is 11.8. The van der Waals surface area contributed by atoms with E-state index in [1.54, 1.807) is 31.4 Å². The number of rotatable bonds is 5. The van der Waals surface area contributed by atoms with Gasteiger partial charge < -0.3 is 10.1 Å². The van der Waals surface area contributed by atoms with E-state index >= 15 is 0 Å². The van der Waals surface area contributed by atoms with E-state index in [-0.39, 0.29) is 17.3 Å². The molecule has 0 aromatic heterocycles. The number of sulfonamides is 1. The van der Waals surface area contributed by atoms with Gasteiger partial charge >= 0.3 is 0 Å². The summed E-state index contributed by atoms with van der Waals surface area (Å²) in [7, 11) is -2.01. The van der Waals surface area contributed by atoms with Gasteiger partial charge in [0.15, 0.2) is 0 Å². The molecule has 1 heterocycles. The van der Waals surface area contributed by atoms with Crippen LogP contribution in [0.4, 0.5) is 5.69 Å². The predicted molar refractivity (Wildman–Crippen MR) is 122 cm³/mol. The van der Waals surface area contributed by atoms with Crippen molar-refractivity contribution in [3.8, 4) is 5.75 Å². The molecule has 1 amide bonds. The van der Waals surface area contributed by atoms with E-state index in [2.05, 4.69) is 5.32 Å². The molecule has 1 saturated heterocycles. The second-order valence-corrected chi connectivity index (χ2v) is 9.80. The lowest BCUT2D eigenvalue weighted by Gasteiger charge is -2.31. The van der Waals surface area contributed by atoms with Crippen molar-refractivity contribution in [2.24, 2.45) is 5.92 Å². The van der Waals surface area contributed by atoms with Gasteiger partial charge in [-0.05, 0) is 44.0 Å². The van der Waals surface area contributed by atoms with Crippen LogP contribution in [0, 0.1) is 12.8 Å². The molecule has 0 saturated carbocycles. The summed E-state index contributed by atoms with van der Waals surface area (Å²) in [6.45, 7) is 2.52. The Morgan fingerprint density at radius 1 is 1.03 bits per heavy atom. The number of benzene rings is 3. The molecule has 0 bridgehead atoms. The molecule has 0 aliphatic carbocycles. The molecule has 0 radical (unpaired) electrons. The third kappa shape index (κ3) is 4.29. The lowest BCUT2D eigenvalue weighted by Crippen LogP contribution is -2.43. The topological polar surface area (TPSA) is 75.7 Å². The van der Waals surface area contributed by atoms with Gasteiger partial charge in [0, 0.05) is 29.5 Å². The Kier molecular flexibility index (Phi) is 5.98. The molecule has 162 valence electrons. The van der Waals surface area contributed by atoms with Gasteiger partial charge in [0.25, 0.3) is 0 Å². The highest BCUT2D eigenvalue weighted by molar-refractivity contribution is 7.89. The van der Waals surface area contributed by atoms with E-state index < -0.39 is 15.9 Å². The van der Waals surface area contributed by atoms with Crippen LogP contribution in [0.2, 0.25) is 0 Å². The van der Waals surface area contributed by atoms with Gasteiger partial charge in [0.1, 0.15) is 5.75 Å². The van der Waals surface area contributed by atoms with Gasteiger partial charge in [0.2, 0.25) is 15.9 Å². The van der Waals surface area contributed by atoms with E-state index in [9.17, 15) is 13.2 Å². The summed E-state index contributed by atoms with van der Waals surface area (Å²) < 4.78 is 32.9. The molecule has 3 aromatic carbocycles. The van der Waals surface area contributed by atoms with Crippen molar-refractivity contribution >= 4 is 32.4 Å². The standard InChI is InChI=1S/C24H26N2O4S/c1-17-9-11-19(12-10-17)31(28,29)26-15-5-6-18(16-26)24(27)25-22-13-14-23(30-2)21-8-4-3-7-20(21)22/h3-4,7-14,18H,5-6,15-16H2,1-2H3,(H,25,27). The fraction of sp³-hybridized carbons (Fsp3) is 0.292. The van der Waals surface area contributed by atoms with Gasteiger partial charge in [-0.1, -0.05) is 42.0 Å². The second-order valence-electron chi connectivity index (χ2n) is 7.87. The number of piperidine rings is 1. The molecule has 1 fully saturated rings. The summed E-state index contributed by atoms with van der Waals surface area (Å²) >= 11 is 0. The number of methoxy groups -OCH3 is 1. The maximum atomic E-state index is 13.1. The van der Waals surface area contributed by atoms with Crippen molar-refractivity contribution in [2.45, 2.75) is 24.7 Å². The van der Waals surface area contributed by atoms with Crippen LogP contribution >= 0.6 is 0 Å². The molecule has 31 heavy (non-hydrogen) atoms. The molecule has 3 aromatic rings. The van der Waals surface area contributed by atoms with Crippen molar-refractivity contribution in [3.05, 3.63) is 66.2 Å². The first-order valence-electron chi connectivity index (χ1n) is 10.3. The molecule has 7 heteroatoms. The highest BCUT2D eigenvalue weighted by Gasteiger charge is 2.33. The number of carbonyl (C=O) groups excluding carboxylic acids is 1. The van der Waals surface area contributed by atoms with E-state index in [0.29, 0.717) is 25.1 Å². The number of fused-ring (bicyclic) bond motifs is 1. The van der Waals surface area contributed by atoms with Crippen molar-refractivity contribution in [3.63, 3.8) is 0 Å². The number of carbonyl (C=O) groups is 1. The van der Waals surface area contributed by atoms with Gasteiger partial charge in [0.05, 0.1) is 17.9 Å². The quantitative estimate of drug-likeness (QED) is 0.648. The predicted octanol–water partition coefficient (Wildman–Crippen LogP) is 4.20. The van der Waals surface area contributed by atoms with Crippen molar-refractivity contribution < 1.29 is 17.9 Å². The summed E-state index contributed by atoms with van der Waals surface area (Å²) in [4.78, 5) is 13.3. The van der Waals surface area contributed by atoms with Crippen LogP contribution in [0.25, 0.3) is 10.8 Å². The Bertz CT molecular complexity index is 1210. The Labute approximate surface area is 182 Å². The van der Waals surface area contributed by atoms with Gasteiger partial charge in [-0.3, -0.25) is 4.79 Å². The smallest absolute Gasteiger partial charge is 0.243 e. The molecule has 1 unspecified atom stereocenters. The van der Waals surface area contributed by atoms with Crippen LogP contribution in [-0.2, 0) is 14.8 Å². The molecule has 1 aliphatic heterocycles. The molecule has 0 spiro atoms. The third-order valence-electron chi connectivity index (χ3n) is 5.78. The fourth-order valence-electron chi connectivity index (χ4n) is 4.03. The average Bonchev–Trinajstić information content (AvgIpc) is 2.79. The Morgan fingerprint density at radius 2 is 1.74 bits per heavy atom. The SMILES string of the molecule is COc1ccc(NC(=O)C2CCCN(S(=O)(=O)c3ccc(C)cc3)C2)c2ccccc12. The minimum Gasteiger partial charge on any atom is -0.496 e. The van der Waals surface area contributed by atoms with E-state index in [1.165, 1.54) is 4.31 Å². The lowest BCUT2D eigenvalue weighted by atomic mass is 9.98. The monoisotopic (exact) mass is 438 g/mol. The molecule has 6 nitrogen and oxygen atoms in total. The van der Waals surface area contributed by atoms with Crippen LogP contribution in [-0.4, -0.2) is 38.8 Å². The third-order valence-corrected chi connectivity index (χ3v) is 7.65. The zero-order valence-electron chi connectivity index (χ0n) is 17.7. The van der Waals surface area contributed by atoms with Crippen molar-refractivity contribution in [2.75, 3.05) is 25.5 Å². The highest BCUT2D eigenvalue weighted by Crippen LogP contribution is 2.32. The number of nitrogens with zero attached hydrogens (tertiary/aromatic N) is 1. The minimum atomic E-state index is -3.62. The first-order chi connectivity index (χ1) is 14.9. The second kappa shape index (κ2) is 8.69. The zero-order valence-corrected chi connectivity index (χ0v) is 18.5. The van der Waals surface area contributed by atoms with Crippen LogP contribution < -0.4 is 10.1 Å². The summed E-state index contributed by atoms with van der Waals surface area (Å²) in [6, 6.07) is 18.2. The molecule has 1 N–H and O–H groups in total. The van der Waals surface area contributed by atoms with Gasteiger partial charge in [-0.15, -0.1) is 0 Å². The number of ether oxygens (including phenoxy) is 1. The van der Waals surface area contributed by atoms with E-state index in [0.717, 1.165) is 22.1 Å². The molecule has 1 atom stereocenters. The number of hydrogen-bond donors (Lipinski definition) is 1. The van der Waals surface area contributed by atoms with Gasteiger partial charge in [-0.25, -0.2) is 8.42 Å². The largest absolute Gasteiger partial charge is 0.496 e. The number of hydrogen-bond acceptors (Lipinski definition) is 4. The Hall–Kier alpha value is -2.90. The number of amides is 1. The highest BCUT2D eigenvalue weighted by atomic mass is 32.2. The summed E-state index contributed by atoms with van der Waals surface area (Å²) in [6.07, 6.45) is 1.30. The van der Waals surface area contributed by atoms with E-state index in [4.69, 9.17) is 4.74 Å². The van der Waals surface area contributed by atoms with Crippen LogP contribution in [0.3, 0.4) is 0 Å². The molecule has 4 rings (SSSR count). The summed E-state index contributed by atoms with van der Waals surface area (Å²) in [5.41, 5.74) is 1.70. The Morgan fingerprint density at radius 3 is 2.45 bits per heavy atom. The zero-order chi connectivity index (χ0) is 22.0. The van der Waals surface area contributed by atoms with Crippen LogP contribution in [0.5, 0.6) is 5.75 Å². The first kappa shape index (κ1) is 21.3. The van der Waals surface area contributed by atoms with Crippen LogP contribution in [0.1, 0.15) is 18.4 Å². The fourth-order valence-corrected chi connectivity index (χ4v) is 5.55. The normalized spacial score (nSPS) is 17.4. The van der Waals surface area contributed by atoms with Gasteiger partial charge in [-0.2, -0.15) is 4.31 Å². The summed E-state index contributed by atoms with van der Waals surface area (Å²) in [5.74, 6) is 0.163. The minimum absolute atomic E-state index is 0.167. The average molecular weight is 439 g/mol. The molecular weight excluding hydrogens is 412 g/mol. The Balaban J connectivity index is 1.54. The van der Waals surface area contributed by atoms with E-state index in [1.807, 2.05) is 43.3 Å². The van der Waals surface area contributed by atoms with Crippen molar-refractivity contribution in [1.82, 2.24) is 4.31 Å². The van der Waals surface area contributed by atoms with Crippen molar-refractivity contribution in [1.29, 1.82) is 0 Å². The number of aryl methyl sites for hydroxylation is 1. The summed E-state index contributed by atoms with van der Waals surface area (Å²) in [5, 5.41) is 4.81. The number of nitrogens with one attached hydrogen (secondary N) is 1. The lowest BCUT2D eigenvalue weighted by molar-refractivity contribution is -0.120. The molecule has 1 aliphatic rings. The maximum Gasteiger partial charge on any atom is 0.243 e. The number of anilines is 1. The molecular formula is C24H26N2O4S. The van der Waals surface area contributed by atoms with Crippen LogP contribution in [0.15, 0.2) is 65.6 Å².